The molecule has 0 amide bonds. The molecule has 24 heavy (non-hydrogen) atoms. The third-order valence-corrected chi connectivity index (χ3v) is 5.63. The van der Waals surface area contributed by atoms with Crippen molar-refractivity contribution in [2.24, 2.45) is 0 Å². The van der Waals surface area contributed by atoms with Gasteiger partial charge in [0.15, 0.2) is 0 Å². The van der Waals surface area contributed by atoms with Gasteiger partial charge < -0.3 is 4.74 Å². The first-order chi connectivity index (χ1) is 11.7. The van der Waals surface area contributed by atoms with E-state index in [9.17, 15) is 0 Å². The number of halogens is 2. The van der Waals surface area contributed by atoms with Crippen LogP contribution in [0.2, 0.25) is 5.15 Å². The summed E-state index contributed by atoms with van der Waals surface area (Å²) in [4.78, 5) is 13.2. The van der Waals surface area contributed by atoms with Crippen molar-refractivity contribution >= 4 is 49.8 Å². The number of hydrogen-bond acceptors (Lipinski definition) is 5. The topological polar surface area (TPSA) is 47.9 Å². The Labute approximate surface area is 157 Å². The molecule has 3 aromatic rings. The van der Waals surface area contributed by atoms with E-state index in [4.69, 9.17) is 16.3 Å². The molecule has 0 aliphatic heterocycles. The van der Waals surface area contributed by atoms with Gasteiger partial charge in [-0.15, -0.1) is 11.3 Å². The molecule has 0 atom stereocenters. The van der Waals surface area contributed by atoms with E-state index in [0.29, 0.717) is 17.0 Å². The fourth-order valence-electron chi connectivity index (χ4n) is 3.19. The molecule has 3 aromatic heterocycles. The van der Waals surface area contributed by atoms with Crippen LogP contribution in [0.5, 0.6) is 5.88 Å². The number of rotatable bonds is 3. The van der Waals surface area contributed by atoms with Crippen LogP contribution in [0, 0.1) is 0 Å². The summed E-state index contributed by atoms with van der Waals surface area (Å²) in [6, 6.07) is 3.73. The standard InChI is InChI=1S/C17H15BrClN3OS/c18-11-5-13-14(20-7-11)6-16(19)22-17(13)23-12-3-1-10(2-4-12)15-8-24-9-21-15/h5-10,12H,1-4H2. The van der Waals surface area contributed by atoms with Crippen LogP contribution in [0.25, 0.3) is 10.9 Å². The van der Waals surface area contributed by atoms with E-state index in [-0.39, 0.29) is 6.10 Å². The van der Waals surface area contributed by atoms with Gasteiger partial charge in [0, 0.05) is 28.0 Å². The smallest absolute Gasteiger partial charge is 0.224 e. The van der Waals surface area contributed by atoms with Crippen LogP contribution in [-0.2, 0) is 0 Å². The van der Waals surface area contributed by atoms with Crippen LogP contribution in [0.15, 0.2) is 33.7 Å². The Morgan fingerprint density at radius 2 is 2.00 bits per heavy atom. The molecule has 124 valence electrons. The summed E-state index contributed by atoms with van der Waals surface area (Å²) in [6.45, 7) is 0. The summed E-state index contributed by atoms with van der Waals surface area (Å²) in [5.74, 6) is 1.12. The fraction of sp³-hybridized carbons (Fsp3) is 0.353. The van der Waals surface area contributed by atoms with E-state index >= 15 is 0 Å². The lowest BCUT2D eigenvalue weighted by Crippen LogP contribution is -2.24. The fourth-order valence-corrected chi connectivity index (χ4v) is 4.33. The monoisotopic (exact) mass is 423 g/mol. The lowest BCUT2D eigenvalue weighted by atomic mass is 9.86. The summed E-state index contributed by atoms with van der Waals surface area (Å²) in [5, 5.41) is 3.44. The van der Waals surface area contributed by atoms with Crippen molar-refractivity contribution in [2.45, 2.75) is 37.7 Å². The lowest BCUT2D eigenvalue weighted by molar-refractivity contribution is 0.142. The van der Waals surface area contributed by atoms with Crippen LogP contribution in [0.1, 0.15) is 37.3 Å². The molecular formula is C17H15BrClN3OS. The van der Waals surface area contributed by atoms with Crippen molar-refractivity contribution in [3.8, 4) is 5.88 Å². The highest BCUT2D eigenvalue weighted by molar-refractivity contribution is 9.10. The van der Waals surface area contributed by atoms with Crippen LogP contribution in [0.3, 0.4) is 0 Å². The van der Waals surface area contributed by atoms with E-state index in [1.807, 2.05) is 11.6 Å². The number of hydrogen-bond donors (Lipinski definition) is 0. The maximum atomic E-state index is 6.20. The minimum atomic E-state index is 0.160. The van der Waals surface area contributed by atoms with Gasteiger partial charge in [-0.05, 0) is 47.7 Å². The van der Waals surface area contributed by atoms with Crippen molar-refractivity contribution in [1.82, 2.24) is 15.0 Å². The molecule has 0 aromatic carbocycles. The van der Waals surface area contributed by atoms with E-state index in [2.05, 4.69) is 36.3 Å². The predicted molar refractivity (Wildman–Crippen MR) is 100.0 cm³/mol. The Hall–Kier alpha value is -1.24. The van der Waals surface area contributed by atoms with Gasteiger partial charge in [-0.25, -0.2) is 9.97 Å². The minimum absolute atomic E-state index is 0.160. The zero-order valence-corrected chi connectivity index (χ0v) is 15.9. The Bertz CT molecular complexity index is 850. The van der Waals surface area contributed by atoms with E-state index in [0.717, 1.165) is 41.1 Å². The normalized spacial score (nSPS) is 21.1. The summed E-state index contributed by atoms with van der Waals surface area (Å²) >= 11 is 11.2. The Balaban J connectivity index is 1.52. The second-order valence-corrected chi connectivity index (χ2v) is 8.00. The number of aromatic nitrogens is 3. The molecule has 3 heterocycles. The minimum Gasteiger partial charge on any atom is -0.474 e. The van der Waals surface area contributed by atoms with Gasteiger partial charge in [-0.3, -0.25) is 4.98 Å². The average Bonchev–Trinajstić information content (AvgIpc) is 3.11. The highest BCUT2D eigenvalue weighted by atomic mass is 79.9. The number of pyridine rings is 2. The second-order valence-electron chi connectivity index (χ2n) is 5.98. The first kappa shape index (κ1) is 16.2. The van der Waals surface area contributed by atoms with Gasteiger partial charge in [-0.1, -0.05) is 11.6 Å². The van der Waals surface area contributed by atoms with Crippen molar-refractivity contribution in [3.05, 3.63) is 44.5 Å². The summed E-state index contributed by atoms with van der Waals surface area (Å²) < 4.78 is 7.10. The van der Waals surface area contributed by atoms with Crippen LogP contribution in [0.4, 0.5) is 0 Å². The molecular weight excluding hydrogens is 410 g/mol. The molecule has 0 saturated heterocycles. The van der Waals surface area contributed by atoms with Crippen molar-refractivity contribution in [3.63, 3.8) is 0 Å². The van der Waals surface area contributed by atoms with Crippen LogP contribution >= 0.6 is 38.9 Å². The number of fused-ring (bicyclic) bond motifs is 1. The SMILES string of the molecule is Clc1cc2ncc(Br)cc2c(OC2CCC(c3cscn3)CC2)n1. The first-order valence-corrected chi connectivity index (χ1v) is 9.97. The lowest BCUT2D eigenvalue weighted by Gasteiger charge is -2.28. The van der Waals surface area contributed by atoms with E-state index in [1.165, 1.54) is 5.69 Å². The number of ether oxygens (including phenoxy) is 1. The van der Waals surface area contributed by atoms with Crippen LogP contribution in [-0.4, -0.2) is 21.1 Å². The molecule has 4 nitrogen and oxygen atoms in total. The third-order valence-electron chi connectivity index (χ3n) is 4.40. The summed E-state index contributed by atoms with van der Waals surface area (Å²) in [5.41, 5.74) is 3.92. The highest BCUT2D eigenvalue weighted by Gasteiger charge is 2.25. The Kier molecular flexibility index (Phi) is 4.70. The van der Waals surface area contributed by atoms with Gasteiger partial charge in [0.1, 0.15) is 11.3 Å². The predicted octanol–water partition coefficient (Wildman–Crippen LogP) is 5.61. The van der Waals surface area contributed by atoms with Gasteiger partial charge in [0.25, 0.3) is 0 Å². The zero-order chi connectivity index (χ0) is 16.5. The molecule has 0 spiro atoms. The van der Waals surface area contributed by atoms with E-state index < -0.39 is 0 Å². The third kappa shape index (κ3) is 3.41. The largest absolute Gasteiger partial charge is 0.474 e. The molecule has 0 radical (unpaired) electrons. The van der Waals surface area contributed by atoms with Crippen molar-refractivity contribution in [2.75, 3.05) is 0 Å². The van der Waals surface area contributed by atoms with Crippen LogP contribution < -0.4 is 4.74 Å². The Morgan fingerprint density at radius 1 is 1.17 bits per heavy atom. The average molecular weight is 425 g/mol. The molecule has 0 unspecified atom stereocenters. The first-order valence-electron chi connectivity index (χ1n) is 7.85. The number of nitrogens with zero attached hydrogens (tertiary/aromatic N) is 3. The molecule has 1 aliphatic rings. The maximum Gasteiger partial charge on any atom is 0.224 e. The highest BCUT2D eigenvalue weighted by Crippen LogP contribution is 2.35. The van der Waals surface area contributed by atoms with E-state index in [1.54, 1.807) is 23.6 Å². The van der Waals surface area contributed by atoms with Gasteiger partial charge in [0.05, 0.1) is 22.1 Å². The van der Waals surface area contributed by atoms with Crippen molar-refractivity contribution in [1.29, 1.82) is 0 Å². The van der Waals surface area contributed by atoms with Gasteiger partial charge in [-0.2, -0.15) is 0 Å². The molecule has 0 bridgehead atoms. The van der Waals surface area contributed by atoms with Crippen molar-refractivity contribution < 1.29 is 4.74 Å². The maximum absolute atomic E-state index is 6.20. The molecule has 0 N–H and O–H groups in total. The Morgan fingerprint density at radius 3 is 2.75 bits per heavy atom. The quantitative estimate of drug-likeness (QED) is 0.513. The van der Waals surface area contributed by atoms with Gasteiger partial charge in [0.2, 0.25) is 5.88 Å². The molecule has 7 heteroatoms. The zero-order valence-electron chi connectivity index (χ0n) is 12.8. The molecule has 1 fully saturated rings. The van der Waals surface area contributed by atoms with Gasteiger partial charge >= 0.3 is 0 Å². The summed E-state index contributed by atoms with van der Waals surface area (Å²) in [7, 11) is 0. The molecule has 1 saturated carbocycles. The number of thiazole rings is 1. The summed E-state index contributed by atoms with van der Waals surface area (Å²) in [6.07, 6.45) is 6.09. The molecule has 4 rings (SSSR count). The molecule has 1 aliphatic carbocycles. The second kappa shape index (κ2) is 6.94.